The highest BCUT2D eigenvalue weighted by Gasteiger charge is 2.13. The third-order valence-corrected chi connectivity index (χ3v) is 4.97. The van der Waals surface area contributed by atoms with E-state index in [1.165, 1.54) is 4.90 Å². The van der Waals surface area contributed by atoms with E-state index in [2.05, 4.69) is 40.7 Å². The zero-order chi connectivity index (χ0) is 20.4. The predicted octanol–water partition coefficient (Wildman–Crippen LogP) is 0.361. The van der Waals surface area contributed by atoms with Crippen LogP contribution in [0.15, 0.2) is 46.9 Å². The summed E-state index contributed by atoms with van der Waals surface area (Å²) >= 11 is 3.60. The fourth-order valence-corrected chi connectivity index (χ4v) is 3.13. The van der Waals surface area contributed by atoms with Crippen LogP contribution < -0.4 is 25.0 Å². The maximum Gasteiger partial charge on any atom is 0.258 e. The Bertz CT molecular complexity index is 754. The second-order valence-electron chi connectivity index (χ2n) is 6.88. The molecule has 0 spiro atoms. The van der Waals surface area contributed by atoms with E-state index in [1.807, 2.05) is 42.5 Å². The van der Waals surface area contributed by atoms with Crippen molar-refractivity contribution in [2.75, 3.05) is 40.9 Å². The number of ether oxygens (including phenoxy) is 2. The number of hydrogen-bond acceptors (Lipinski definition) is 3. The van der Waals surface area contributed by atoms with Gasteiger partial charge in [-0.25, -0.2) is 0 Å². The van der Waals surface area contributed by atoms with E-state index in [4.69, 9.17) is 9.47 Å². The minimum Gasteiger partial charge on any atom is -0.493 e. The number of hydrogen-bond donors (Lipinski definition) is 3. The van der Waals surface area contributed by atoms with Crippen LogP contribution >= 0.6 is 15.9 Å². The van der Waals surface area contributed by atoms with Gasteiger partial charge in [-0.1, -0.05) is 46.3 Å². The minimum atomic E-state index is -0.175. The van der Waals surface area contributed by atoms with Gasteiger partial charge in [0.05, 0.1) is 21.2 Å². The molecule has 0 aliphatic carbocycles. The highest BCUT2D eigenvalue weighted by molar-refractivity contribution is 9.10. The molecule has 0 radical (unpaired) electrons. The number of likely N-dealkylation sites (N-methyl/N-ethyl adjacent to an activating group) is 1. The molecule has 0 saturated heterocycles. The molecule has 2 aromatic rings. The Morgan fingerprint density at radius 2 is 1.93 bits per heavy atom. The Labute approximate surface area is 175 Å². The monoisotopic (exact) mass is 451 g/mol. The molecule has 2 rings (SSSR count). The molecule has 7 heteroatoms. The molecule has 4 N–H and O–H groups in total. The standard InChI is InChI=1S/C21H28BrN3O3/c1-25(2)10-9-23-14-17-11-19(27-3)20(12-18(17)22)28-15-21(26)24-13-16-7-5-4-6-8-16/h4-8,11-12,23H,9-10,13-15H2,1-3H3,(H,24,26)/p+2. The van der Waals surface area contributed by atoms with Crippen molar-refractivity contribution < 1.29 is 24.5 Å². The summed E-state index contributed by atoms with van der Waals surface area (Å²) < 4.78 is 12.1. The number of halogens is 1. The van der Waals surface area contributed by atoms with Crippen LogP contribution in [-0.4, -0.2) is 46.8 Å². The SMILES string of the molecule is COc1cc(C[NH2+]CC[NH+](C)C)c(Br)cc1OCC(=O)NCc1ccccc1. The third-order valence-electron chi connectivity index (χ3n) is 4.24. The van der Waals surface area contributed by atoms with Gasteiger partial charge in [-0.3, -0.25) is 4.79 Å². The van der Waals surface area contributed by atoms with Crippen molar-refractivity contribution in [1.82, 2.24) is 5.32 Å². The van der Waals surface area contributed by atoms with Crippen LogP contribution in [0, 0.1) is 0 Å². The quantitative estimate of drug-likeness (QED) is 0.432. The summed E-state index contributed by atoms with van der Waals surface area (Å²) in [7, 11) is 5.90. The van der Waals surface area contributed by atoms with Gasteiger partial charge in [0.25, 0.3) is 5.91 Å². The van der Waals surface area contributed by atoms with Crippen molar-refractivity contribution in [3.8, 4) is 11.5 Å². The van der Waals surface area contributed by atoms with Crippen LogP contribution in [-0.2, 0) is 17.9 Å². The van der Waals surface area contributed by atoms with Crippen LogP contribution in [0.3, 0.4) is 0 Å². The summed E-state index contributed by atoms with van der Waals surface area (Å²) in [4.78, 5) is 13.5. The molecule has 1 amide bonds. The van der Waals surface area contributed by atoms with Crippen molar-refractivity contribution >= 4 is 21.8 Å². The Balaban J connectivity index is 1.88. The molecule has 2 aromatic carbocycles. The Kier molecular flexibility index (Phi) is 9.27. The summed E-state index contributed by atoms with van der Waals surface area (Å²) in [6.07, 6.45) is 0. The molecule has 0 aliphatic rings. The summed E-state index contributed by atoms with van der Waals surface area (Å²) in [5, 5.41) is 5.12. The molecule has 0 aliphatic heterocycles. The Morgan fingerprint density at radius 1 is 1.18 bits per heavy atom. The fourth-order valence-electron chi connectivity index (χ4n) is 2.65. The molecule has 0 saturated carbocycles. The van der Waals surface area contributed by atoms with E-state index >= 15 is 0 Å². The number of nitrogens with two attached hydrogens (primary N) is 1. The number of quaternary nitrogens is 2. The summed E-state index contributed by atoms with van der Waals surface area (Å²) in [6, 6.07) is 13.6. The van der Waals surface area contributed by atoms with E-state index in [-0.39, 0.29) is 12.5 Å². The first kappa shape index (κ1) is 22.2. The van der Waals surface area contributed by atoms with Crippen molar-refractivity contribution in [3.05, 3.63) is 58.1 Å². The summed E-state index contributed by atoms with van der Waals surface area (Å²) in [6.45, 7) is 3.42. The van der Waals surface area contributed by atoms with E-state index in [9.17, 15) is 4.79 Å². The smallest absolute Gasteiger partial charge is 0.258 e. The van der Waals surface area contributed by atoms with Gasteiger partial charge < -0.3 is 25.0 Å². The zero-order valence-electron chi connectivity index (χ0n) is 16.8. The van der Waals surface area contributed by atoms with Gasteiger partial charge in [-0.05, 0) is 17.7 Å². The molecule has 0 aromatic heterocycles. The van der Waals surface area contributed by atoms with Crippen molar-refractivity contribution in [2.24, 2.45) is 0 Å². The lowest BCUT2D eigenvalue weighted by atomic mass is 10.2. The number of carbonyl (C=O) groups excluding carboxylic acids is 1. The van der Waals surface area contributed by atoms with Gasteiger partial charge in [-0.2, -0.15) is 0 Å². The van der Waals surface area contributed by atoms with Crippen molar-refractivity contribution in [3.63, 3.8) is 0 Å². The average Bonchev–Trinajstić information content (AvgIpc) is 2.69. The molecule has 28 heavy (non-hydrogen) atoms. The van der Waals surface area contributed by atoms with Gasteiger partial charge in [0.15, 0.2) is 18.1 Å². The Hall–Kier alpha value is -2.09. The van der Waals surface area contributed by atoms with Crippen LogP contribution in [0.25, 0.3) is 0 Å². The van der Waals surface area contributed by atoms with Crippen molar-refractivity contribution in [1.29, 1.82) is 0 Å². The summed E-state index contributed by atoms with van der Waals surface area (Å²) in [5.41, 5.74) is 2.18. The van der Waals surface area contributed by atoms with Gasteiger partial charge in [-0.15, -0.1) is 0 Å². The first-order valence-electron chi connectivity index (χ1n) is 9.40. The van der Waals surface area contributed by atoms with Crippen LogP contribution in [0.1, 0.15) is 11.1 Å². The second kappa shape index (κ2) is 11.7. The number of benzene rings is 2. The lowest BCUT2D eigenvalue weighted by Crippen LogP contribution is -3.09. The molecular weight excluding hydrogens is 422 g/mol. The first-order valence-corrected chi connectivity index (χ1v) is 10.2. The molecule has 0 unspecified atom stereocenters. The van der Waals surface area contributed by atoms with Gasteiger partial charge in [0, 0.05) is 16.6 Å². The van der Waals surface area contributed by atoms with Crippen LogP contribution in [0.4, 0.5) is 0 Å². The molecular formula is C21H30BrN3O3+2. The molecule has 0 heterocycles. The van der Waals surface area contributed by atoms with E-state index in [0.717, 1.165) is 35.2 Å². The Morgan fingerprint density at radius 3 is 2.61 bits per heavy atom. The fraction of sp³-hybridized carbons (Fsp3) is 0.381. The topological polar surface area (TPSA) is 68.6 Å². The van der Waals surface area contributed by atoms with Gasteiger partial charge >= 0.3 is 0 Å². The van der Waals surface area contributed by atoms with Crippen LogP contribution in [0.5, 0.6) is 11.5 Å². The summed E-state index contributed by atoms with van der Waals surface area (Å²) in [5.74, 6) is 0.997. The lowest BCUT2D eigenvalue weighted by Gasteiger charge is -2.14. The molecule has 0 bridgehead atoms. The van der Waals surface area contributed by atoms with E-state index in [0.29, 0.717) is 18.0 Å². The number of rotatable bonds is 11. The normalized spacial score (nSPS) is 10.8. The second-order valence-corrected chi connectivity index (χ2v) is 7.74. The van der Waals surface area contributed by atoms with E-state index in [1.54, 1.807) is 7.11 Å². The van der Waals surface area contributed by atoms with E-state index < -0.39 is 0 Å². The third kappa shape index (κ3) is 7.50. The number of amides is 1. The molecule has 6 nitrogen and oxygen atoms in total. The maximum absolute atomic E-state index is 12.1. The largest absolute Gasteiger partial charge is 0.493 e. The highest BCUT2D eigenvalue weighted by atomic mass is 79.9. The molecule has 0 atom stereocenters. The first-order chi connectivity index (χ1) is 13.5. The molecule has 0 fully saturated rings. The molecule has 152 valence electrons. The van der Waals surface area contributed by atoms with Gasteiger partial charge in [0.1, 0.15) is 19.6 Å². The predicted molar refractivity (Wildman–Crippen MR) is 113 cm³/mol. The number of nitrogens with one attached hydrogen (secondary N) is 2. The lowest BCUT2D eigenvalue weighted by molar-refractivity contribution is -0.875. The van der Waals surface area contributed by atoms with Crippen molar-refractivity contribution in [2.45, 2.75) is 13.1 Å². The number of carbonyl (C=O) groups is 1. The minimum absolute atomic E-state index is 0.0628. The zero-order valence-corrected chi connectivity index (χ0v) is 18.3. The number of methoxy groups -OCH3 is 1. The van der Waals surface area contributed by atoms with Gasteiger partial charge in [0.2, 0.25) is 0 Å². The maximum atomic E-state index is 12.1. The van der Waals surface area contributed by atoms with Crippen LogP contribution in [0.2, 0.25) is 0 Å². The average molecular weight is 452 g/mol. The highest BCUT2D eigenvalue weighted by Crippen LogP contribution is 2.33.